The smallest absolute Gasteiger partial charge is 0.271 e. The van der Waals surface area contributed by atoms with E-state index in [1.807, 2.05) is 13.0 Å². The van der Waals surface area contributed by atoms with Crippen LogP contribution in [0.5, 0.6) is 0 Å². The van der Waals surface area contributed by atoms with Crippen molar-refractivity contribution in [1.29, 1.82) is 5.26 Å². The number of anilines is 1. The van der Waals surface area contributed by atoms with Gasteiger partial charge in [-0.2, -0.15) is 5.26 Å². The zero-order valence-electron chi connectivity index (χ0n) is 10.5. The molecule has 2 rings (SSSR count). The Bertz CT molecular complexity index is 734. The van der Waals surface area contributed by atoms with E-state index in [-0.39, 0.29) is 10.7 Å². The van der Waals surface area contributed by atoms with Crippen LogP contribution < -0.4 is 5.73 Å². The van der Waals surface area contributed by atoms with Gasteiger partial charge in [0.25, 0.3) is 5.69 Å². The Labute approximate surface area is 124 Å². The van der Waals surface area contributed by atoms with Gasteiger partial charge in [-0.25, -0.2) is 0 Å². The van der Waals surface area contributed by atoms with Crippen LogP contribution in [-0.2, 0) is 6.42 Å². The number of nitro groups is 1. The van der Waals surface area contributed by atoms with Crippen LogP contribution >= 0.6 is 22.9 Å². The molecule has 0 bridgehead atoms. The van der Waals surface area contributed by atoms with Crippen molar-refractivity contribution in [2.45, 2.75) is 13.3 Å². The topological polar surface area (TPSA) is 93.0 Å². The van der Waals surface area contributed by atoms with Crippen molar-refractivity contribution in [2.75, 3.05) is 5.73 Å². The van der Waals surface area contributed by atoms with Gasteiger partial charge in [0.05, 0.1) is 10.6 Å². The molecule has 0 fully saturated rings. The van der Waals surface area contributed by atoms with E-state index < -0.39 is 4.92 Å². The van der Waals surface area contributed by atoms with Crippen LogP contribution in [0.25, 0.3) is 10.4 Å². The summed E-state index contributed by atoms with van der Waals surface area (Å²) in [4.78, 5) is 11.6. The summed E-state index contributed by atoms with van der Waals surface area (Å²) < 4.78 is 0. The Hall–Kier alpha value is -2.10. The highest BCUT2D eigenvalue weighted by atomic mass is 35.5. The van der Waals surface area contributed by atoms with Gasteiger partial charge in [0.1, 0.15) is 10.9 Å². The zero-order chi connectivity index (χ0) is 14.9. The molecule has 7 heteroatoms. The second-order valence-corrected chi connectivity index (χ2v) is 5.53. The second-order valence-electron chi connectivity index (χ2n) is 4.07. The first-order valence-corrected chi connectivity index (χ1v) is 6.94. The summed E-state index contributed by atoms with van der Waals surface area (Å²) >= 11 is 7.15. The van der Waals surface area contributed by atoms with Gasteiger partial charge < -0.3 is 5.73 Å². The highest BCUT2D eigenvalue weighted by Crippen LogP contribution is 2.40. The third-order valence-corrected chi connectivity index (χ3v) is 4.28. The number of nitrogens with two attached hydrogens (primary N) is 1. The number of benzene rings is 1. The summed E-state index contributed by atoms with van der Waals surface area (Å²) in [5, 5.41) is 20.2. The number of thiophene rings is 1. The van der Waals surface area contributed by atoms with Crippen LogP contribution in [0.2, 0.25) is 5.02 Å². The predicted octanol–water partition coefficient (Wildman–Crippen LogP) is 3.99. The second kappa shape index (κ2) is 5.49. The largest absolute Gasteiger partial charge is 0.397 e. The maximum atomic E-state index is 10.9. The third kappa shape index (κ3) is 2.46. The summed E-state index contributed by atoms with van der Waals surface area (Å²) in [7, 11) is 0. The lowest BCUT2D eigenvalue weighted by atomic mass is 10.1. The van der Waals surface area contributed by atoms with Crippen molar-refractivity contribution in [3.05, 3.63) is 43.8 Å². The van der Waals surface area contributed by atoms with E-state index in [9.17, 15) is 10.1 Å². The van der Waals surface area contributed by atoms with Gasteiger partial charge in [-0.15, -0.1) is 11.3 Å². The normalized spacial score (nSPS) is 10.2. The van der Waals surface area contributed by atoms with Gasteiger partial charge in [0.2, 0.25) is 0 Å². The lowest BCUT2D eigenvalue weighted by molar-refractivity contribution is -0.384. The number of nitrogens with zero attached hydrogens (tertiary/aromatic N) is 2. The first-order chi connectivity index (χ1) is 9.47. The molecular weight excluding hydrogens is 298 g/mol. The molecule has 2 N–H and O–H groups in total. The number of hydrogen-bond donors (Lipinski definition) is 1. The van der Waals surface area contributed by atoms with Crippen LogP contribution in [0, 0.1) is 21.4 Å². The van der Waals surface area contributed by atoms with Gasteiger partial charge in [-0.05, 0) is 18.1 Å². The summed E-state index contributed by atoms with van der Waals surface area (Å²) in [5.41, 5.74) is 7.71. The van der Waals surface area contributed by atoms with Crippen LogP contribution in [0.1, 0.15) is 17.4 Å². The number of non-ortho nitro benzene ring substituents is 1. The van der Waals surface area contributed by atoms with Crippen LogP contribution in [0.3, 0.4) is 0 Å². The lowest BCUT2D eigenvalue weighted by Gasteiger charge is -2.03. The fraction of sp³-hybridized carbons (Fsp3) is 0.154. The standard InChI is InChI=1S/C13H10ClN3O2S/c1-2-10-12(16)11(6-15)20-13(10)7-3-8(14)5-9(4-7)17(18)19/h3-5H,2,16H2,1H3. The fourth-order valence-corrected chi connectivity index (χ4v) is 3.28. The van der Waals surface area contributed by atoms with E-state index in [0.717, 1.165) is 10.4 Å². The molecule has 5 nitrogen and oxygen atoms in total. The Balaban J connectivity index is 2.68. The van der Waals surface area contributed by atoms with Crippen LogP contribution in [0.4, 0.5) is 11.4 Å². The van der Waals surface area contributed by atoms with Gasteiger partial charge >= 0.3 is 0 Å². The van der Waals surface area contributed by atoms with Crippen LogP contribution in [-0.4, -0.2) is 4.92 Å². The summed E-state index contributed by atoms with van der Waals surface area (Å²) in [5.74, 6) is 0. The fourth-order valence-electron chi connectivity index (χ4n) is 1.96. The van der Waals surface area contributed by atoms with Gasteiger partial charge in [0, 0.05) is 27.6 Å². The van der Waals surface area contributed by atoms with Crippen molar-refractivity contribution in [3.8, 4) is 16.5 Å². The molecule has 0 aliphatic rings. The van der Waals surface area contributed by atoms with Crippen molar-refractivity contribution in [2.24, 2.45) is 0 Å². The Morgan fingerprint density at radius 2 is 2.20 bits per heavy atom. The number of halogens is 1. The SMILES string of the molecule is CCc1c(-c2cc(Cl)cc([N+](=O)[O-])c2)sc(C#N)c1N. The summed E-state index contributed by atoms with van der Waals surface area (Å²) in [6.07, 6.45) is 0.639. The van der Waals surface area contributed by atoms with E-state index >= 15 is 0 Å². The van der Waals surface area contributed by atoms with Gasteiger partial charge in [-0.3, -0.25) is 10.1 Å². The number of nitro benzene ring substituents is 1. The molecule has 0 saturated carbocycles. The van der Waals surface area contributed by atoms with E-state index in [1.165, 1.54) is 23.5 Å². The van der Waals surface area contributed by atoms with Crippen molar-refractivity contribution >= 4 is 34.3 Å². The molecule has 0 radical (unpaired) electrons. The molecule has 0 unspecified atom stereocenters. The molecular formula is C13H10ClN3O2S. The number of nitriles is 1. The molecule has 0 aliphatic heterocycles. The van der Waals surface area contributed by atoms with Crippen molar-refractivity contribution in [1.82, 2.24) is 0 Å². The zero-order valence-corrected chi connectivity index (χ0v) is 12.1. The monoisotopic (exact) mass is 307 g/mol. The Morgan fingerprint density at radius 3 is 2.75 bits per heavy atom. The molecule has 1 aromatic carbocycles. The van der Waals surface area contributed by atoms with Crippen molar-refractivity contribution < 1.29 is 4.92 Å². The quantitative estimate of drug-likeness (QED) is 0.685. The maximum Gasteiger partial charge on any atom is 0.271 e. The number of hydrogen-bond acceptors (Lipinski definition) is 5. The molecule has 1 heterocycles. The van der Waals surface area contributed by atoms with E-state index in [2.05, 4.69) is 0 Å². The number of nitrogen functional groups attached to an aromatic ring is 1. The van der Waals surface area contributed by atoms with E-state index in [4.69, 9.17) is 22.6 Å². The average Bonchev–Trinajstić information content (AvgIpc) is 2.74. The van der Waals surface area contributed by atoms with Crippen LogP contribution in [0.15, 0.2) is 18.2 Å². The molecule has 2 aromatic rings. The average molecular weight is 308 g/mol. The van der Waals surface area contributed by atoms with Gasteiger partial charge in [-0.1, -0.05) is 18.5 Å². The molecule has 20 heavy (non-hydrogen) atoms. The minimum absolute atomic E-state index is 0.0833. The molecule has 0 atom stereocenters. The third-order valence-electron chi connectivity index (χ3n) is 2.86. The minimum Gasteiger partial charge on any atom is -0.397 e. The molecule has 0 aliphatic carbocycles. The first kappa shape index (κ1) is 14.3. The predicted molar refractivity (Wildman–Crippen MR) is 79.9 cm³/mol. The molecule has 0 amide bonds. The van der Waals surface area contributed by atoms with E-state index in [0.29, 0.717) is 22.5 Å². The number of rotatable bonds is 3. The Morgan fingerprint density at radius 1 is 1.50 bits per heavy atom. The molecule has 0 saturated heterocycles. The molecule has 102 valence electrons. The summed E-state index contributed by atoms with van der Waals surface area (Å²) in [6, 6.07) is 6.41. The maximum absolute atomic E-state index is 10.9. The molecule has 0 spiro atoms. The van der Waals surface area contributed by atoms with E-state index in [1.54, 1.807) is 6.07 Å². The lowest BCUT2D eigenvalue weighted by Crippen LogP contribution is -1.92. The molecule has 1 aromatic heterocycles. The minimum atomic E-state index is -0.497. The van der Waals surface area contributed by atoms with Gasteiger partial charge in [0.15, 0.2) is 0 Å². The first-order valence-electron chi connectivity index (χ1n) is 5.74. The highest BCUT2D eigenvalue weighted by Gasteiger charge is 2.18. The van der Waals surface area contributed by atoms with Crippen molar-refractivity contribution in [3.63, 3.8) is 0 Å². The Kier molecular flexibility index (Phi) is 3.93. The highest BCUT2D eigenvalue weighted by molar-refractivity contribution is 7.16. The summed E-state index contributed by atoms with van der Waals surface area (Å²) in [6.45, 7) is 1.92.